The van der Waals surface area contributed by atoms with Gasteiger partial charge in [-0.2, -0.15) is 0 Å². The number of benzene rings is 1. The Bertz CT molecular complexity index is 567. The van der Waals surface area contributed by atoms with Crippen LogP contribution in [0.5, 0.6) is 0 Å². The molecule has 3 heteroatoms. The van der Waals surface area contributed by atoms with Gasteiger partial charge in [-0.3, -0.25) is 0 Å². The molecule has 0 aliphatic heterocycles. The molecule has 0 spiro atoms. The van der Waals surface area contributed by atoms with Crippen LogP contribution in [0.2, 0.25) is 0 Å². The molecule has 0 saturated heterocycles. The Morgan fingerprint density at radius 2 is 1.90 bits per heavy atom. The Hall–Kier alpha value is -1.19. The van der Waals surface area contributed by atoms with Gasteiger partial charge in [-0.15, -0.1) is 11.3 Å². The molecular weight excluding hydrogens is 264 g/mol. The van der Waals surface area contributed by atoms with E-state index in [4.69, 9.17) is 4.98 Å². The van der Waals surface area contributed by atoms with Crippen LogP contribution in [0.1, 0.15) is 42.8 Å². The monoisotopic (exact) mass is 286 g/mol. The van der Waals surface area contributed by atoms with Crippen LogP contribution in [0.15, 0.2) is 24.3 Å². The molecule has 1 aromatic carbocycles. The molecule has 1 aromatic heterocycles. The van der Waals surface area contributed by atoms with Crippen molar-refractivity contribution in [2.75, 3.05) is 0 Å². The summed E-state index contributed by atoms with van der Waals surface area (Å²) in [6, 6.07) is 9.59. The van der Waals surface area contributed by atoms with E-state index in [-0.39, 0.29) is 0 Å². The van der Waals surface area contributed by atoms with E-state index in [0.717, 1.165) is 30.4 Å². The molecular formula is C17H22N2S. The van der Waals surface area contributed by atoms with Crippen molar-refractivity contribution in [3.8, 4) is 10.6 Å². The zero-order valence-corrected chi connectivity index (χ0v) is 13.1. The molecule has 0 amide bonds. The van der Waals surface area contributed by atoms with Gasteiger partial charge in [-0.1, -0.05) is 38.1 Å². The topological polar surface area (TPSA) is 24.9 Å². The summed E-state index contributed by atoms with van der Waals surface area (Å²) in [6.07, 6.45) is 4.79. The lowest BCUT2D eigenvalue weighted by Crippen LogP contribution is -2.15. The fourth-order valence-electron chi connectivity index (χ4n) is 2.33. The SMILES string of the molecule is CCc1ccc(-c2nc(CC)c(CNC3CC3)s2)cc1. The highest BCUT2D eigenvalue weighted by Crippen LogP contribution is 2.29. The molecule has 3 rings (SSSR count). The van der Waals surface area contributed by atoms with E-state index in [9.17, 15) is 0 Å². The standard InChI is InChI=1S/C17H22N2S/c1-3-12-5-7-13(8-6-12)17-19-15(4-2)16(20-17)11-18-14-9-10-14/h5-8,14,18H,3-4,9-11H2,1-2H3. The first-order valence-electron chi connectivity index (χ1n) is 7.61. The molecule has 1 fully saturated rings. The first kappa shape index (κ1) is 13.8. The van der Waals surface area contributed by atoms with Gasteiger partial charge in [0.15, 0.2) is 0 Å². The molecule has 1 aliphatic carbocycles. The summed E-state index contributed by atoms with van der Waals surface area (Å²) in [5, 5.41) is 4.77. The van der Waals surface area contributed by atoms with Crippen molar-refractivity contribution in [2.24, 2.45) is 0 Å². The van der Waals surface area contributed by atoms with Gasteiger partial charge in [0.2, 0.25) is 0 Å². The zero-order chi connectivity index (χ0) is 13.9. The fourth-order valence-corrected chi connectivity index (χ4v) is 3.44. The van der Waals surface area contributed by atoms with Gasteiger partial charge in [-0.05, 0) is 31.2 Å². The van der Waals surface area contributed by atoms with Crippen molar-refractivity contribution < 1.29 is 0 Å². The average molecular weight is 286 g/mol. The van der Waals surface area contributed by atoms with E-state index in [2.05, 4.69) is 43.4 Å². The lowest BCUT2D eigenvalue weighted by atomic mass is 10.1. The molecule has 1 saturated carbocycles. The Kier molecular flexibility index (Phi) is 4.18. The van der Waals surface area contributed by atoms with E-state index in [1.165, 1.54) is 34.5 Å². The zero-order valence-electron chi connectivity index (χ0n) is 12.3. The first-order valence-corrected chi connectivity index (χ1v) is 8.43. The minimum absolute atomic E-state index is 0.758. The number of aromatic nitrogens is 1. The molecule has 1 aliphatic rings. The van der Waals surface area contributed by atoms with Gasteiger partial charge in [0, 0.05) is 23.0 Å². The van der Waals surface area contributed by atoms with E-state index in [1.807, 2.05) is 11.3 Å². The van der Waals surface area contributed by atoms with Crippen LogP contribution < -0.4 is 5.32 Å². The lowest BCUT2D eigenvalue weighted by Gasteiger charge is -2.00. The molecule has 0 radical (unpaired) electrons. The summed E-state index contributed by atoms with van der Waals surface area (Å²) >= 11 is 1.85. The van der Waals surface area contributed by atoms with Gasteiger partial charge in [0.1, 0.15) is 5.01 Å². The van der Waals surface area contributed by atoms with Crippen LogP contribution in [0, 0.1) is 0 Å². The van der Waals surface area contributed by atoms with Gasteiger partial charge in [0.25, 0.3) is 0 Å². The highest BCUT2D eigenvalue weighted by molar-refractivity contribution is 7.15. The molecule has 0 unspecified atom stereocenters. The van der Waals surface area contributed by atoms with Crippen molar-refractivity contribution in [1.82, 2.24) is 10.3 Å². The van der Waals surface area contributed by atoms with Crippen LogP contribution in [0.3, 0.4) is 0 Å². The van der Waals surface area contributed by atoms with Gasteiger partial charge >= 0.3 is 0 Å². The smallest absolute Gasteiger partial charge is 0.123 e. The summed E-state index contributed by atoms with van der Waals surface area (Å²) in [7, 11) is 0. The third-order valence-corrected chi connectivity index (χ3v) is 5.00. The minimum Gasteiger partial charge on any atom is -0.309 e. The largest absolute Gasteiger partial charge is 0.309 e. The van der Waals surface area contributed by atoms with Crippen molar-refractivity contribution >= 4 is 11.3 Å². The third-order valence-electron chi connectivity index (χ3n) is 3.85. The van der Waals surface area contributed by atoms with Gasteiger partial charge in [0.05, 0.1) is 5.69 Å². The van der Waals surface area contributed by atoms with Crippen LogP contribution in [-0.2, 0) is 19.4 Å². The molecule has 20 heavy (non-hydrogen) atoms. The fraction of sp³-hybridized carbons (Fsp3) is 0.471. The quantitative estimate of drug-likeness (QED) is 0.861. The molecule has 2 nitrogen and oxygen atoms in total. The molecule has 0 atom stereocenters. The van der Waals surface area contributed by atoms with E-state index >= 15 is 0 Å². The molecule has 2 aromatic rings. The number of hydrogen-bond acceptors (Lipinski definition) is 3. The Balaban J connectivity index is 1.80. The molecule has 1 heterocycles. The summed E-state index contributed by atoms with van der Waals surface area (Å²) < 4.78 is 0. The predicted octanol–water partition coefficient (Wildman–Crippen LogP) is 4.19. The van der Waals surface area contributed by atoms with Gasteiger partial charge in [-0.25, -0.2) is 4.98 Å². The second-order valence-corrected chi connectivity index (χ2v) is 6.53. The number of rotatable bonds is 6. The van der Waals surface area contributed by atoms with Crippen LogP contribution in [-0.4, -0.2) is 11.0 Å². The number of hydrogen-bond donors (Lipinski definition) is 1. The summed E-state index contributed by atoms with van der Waals surface area (Å²) in [5.41, 5.74) is 3.90. The summed E-state index contributed by atoms with van der Waals surface area (Å²) in [4.78, 5) is 6.24. The predicted molar refractivity (Wildman–Crippen MR) is 86.2 cm³/mol. The van der Waals surface area contributed by atoms with E-state index in [1.54, 1.807) is 0 Å². The highest BCUT2D eigenvalue weighted by atomic mass is 32.1. The number of thiazole rings is 1. The molecule has 1 N–H and O–H groups in total. The lowest BCUT2D eigenvalue weighted by molar-refractivity contribution is 0.689. The van der Waals surface area contributed by atoms with Crippen molar-refractivity contribution in [3.05, 3.63) is 40.4 Å². The van der Waals surface area contributed by atoms with E-state index < -0.39 is 0 Å². The molecule has 106 valence electrons. The normalized spacial score (nSPS) is 14.7. The minimum atomic E-state index is 0.758. The average Bonchev–Trinajstić information content (AvgIpc) is 3.24. The number of aryl methyl sites for hydroxylation is 2. The Morgan fingerprint density at radius 1 is 1.15 bits per heavy atom. The van der Waals surface area contributed by atoms with Crippen LogP contribution in [0.4, 0.5) is 0 Å². The highest BCUT2D eigenvalue weighted by Gasteiger charge is 2.21. The maximum Gasteiger partial charge on any atom is 0.123 e. The van der Waals surface area contributed by atoms with Crippen molar-refractivity contribution in [3.63, 3.8) is 0 Å². The maximum absolute atomic E-state index is 4.83. The van der Waals surface area contributed by atoms with Crippen LogP contribution in [0.25, 0.3) is 10.6 Å². The summed E-state index contributed by atoms with van der Waals surface area (Å²) in [6.45, 7) is 5.37. The van der Waals surface area contributed by atoms with Crippen LogP contribution >= 0.6 is 11.3 Å². The van der Waals surface area contributed by atoms with Gasteiger partial charge < -0.3 is 5.32 Å². The maximum atomic E-state index is 4.83. The van der Waals surface area contributed by atoms with Crippen molar-refractivity contribution in [2.45, 2.75) is 52.1 Å². The second kappa shape index (κ2) is 6.06. The Morgan fingerprint density at radius 3 is 2.50 bits per heavy atom. The number of nitrogens with one attached hydrogen (secondary N) is 1. The Labute approximate surface area is 125 Å². The van der Waals surface area contributed by atoms with Crippen molar-refractivity contribution in [1.29, 1.82) is 0 Å². The summed E-state index contributed by atoms with van der Waals surface area (Å²) in [5.74, 6) is 0. The first-order chi connectivity index (χ1) is 9.80. The molecule has 0 bridgehead atoms. The number of nitrogens with zero attached hydrogens (tertiary/aromatic N) is 1. The third kappa shape index (κ3) is 3.10. The second-order valence-electron chi connectivity index (χ2n) is 5.45. The van der Waals surface area contributed by atoms with E-state index in [0.29, 0.717) is 0 Å².